The lowest BCUT2D eigenvalue weighted by Crippen LogP contribution is -2.37. The van der Waals surface area contributed by atoms with Crippen molar-refractivity contribution in [1.82, 2.24) is 5.32 Å². The van der Waals surface area contributed by atoms with E-state index in [4.69, 9.17) is 4.74 Å². The molecule has 25 heavy (non-hydrogen) atoms. The summed E-state index contributed by atoms with van der Waals surface area (Å²) in [6.07, 6.45) is 5.74. The van der Waals surface area contributed by atoms with Crippen LogP contribution in [0.2, 0.25) is 0 Å². The van der Waals surface area contributed by atoms with E-state index in [0.717, 1.165) is 25.7 Å². The zero-order chi connectivity index (χ0) is 18.2. The minimum atomic E-state index is -1.30. The molecule has 1 N–H and O–H groups in total. The maximum Gasteiger partial charge on any atom is 0.262 e. The maximum absolute atomic E-state index is 12.2. The van der Waals surface area contributed by atoms with Crippen molar-refractivity contribution >= 4 is 18.0 Å². The van der Waals surface area contributed by atoms with Crippen LogP contribution in [0, 0.1) is 11.3 Å². The van der Waals surface area contributed by atoms with Gasteiger partial charge < -0.3 is 20.0 Å². The number of ether oxygens (including phenoxy) is 1. The van der Waals surface area contributed by atoms with Crippen molar-refractivity contribution in [1.29, 1.82) is 5.26 Å². The van der Waals surface area contributed by atoms with Gasteiger partial charge in [0.15, 0.2) is 0 Å². The number of carboxylic acid groups (broad SMARTS) is 1. The first-order valence-electron chi connectivity index (χ1n) is 8.40. The molecule has 1 atom stereocenters. The van der Waals surface area contributed by atoms with Gasteiger partial charge in [0.2, 0.25) is 0 Å². The van der Waals surface area contributed by atoms with Gasteiger partial charge in [-0.1, -0.05) is 31.4 Å². The molecule has 1 aromatic rings. The third-order valence-corrected chi connectivity index (χ3v) is 4.14. The largest absolute Gasteiger partial charge is 0.546 e. The van der Waals surface area contributed by atoms with E-state index in [1.165, 1.54) is 19.4 Å². The molecule has 0 heterocycles. The van der Waals surface area contributed by atoms with Gasteiger partial charge in [0.1, 0.15) is 23.5 Å². The van der Waals surface area contributed by atoms with Gasteiger partial charge in [0.05, 0.1) is 5.97 Å². The monoisotopic (exact) mass is 341 g/mol. The SMILES string of the molecule is C[C@H](Oc1ccc(/C=C(/C#N)C(=O)NC2CCCCC2)cc1)C(=O)[O-]. The fourth-order valence-electron chi connectivity index (χ4n) is 2.72. The molecule has 1 aliphatic rings. The second-order valence-corrected chi connectivity index (χ2v) is 6.13. The Labute approximate surface area is 147 Å². The van der Waals surface area contributed by atoms with Crippen molar-refractivity contribution in [2.24, 2.45) is 0 Å². The highest BCUT2D eigenvalue weighted by molar-refractivity contribution is 6.01. The molecule has 0 saturated heterocycles. The van der Waals surface area contributed by atoms with Crippen molar-refractivity contribution in [3.63, 3.8) is 0 Å². The van der Waals surface area contributed by atoms with Gasteiger partial charge in [-0.2, -0.15) is 5.26 Å². The molecule has 0 radical (unpaired) electrons. The molecule has 2 rings (SSSR count). The molecule has 132 valence electrons. The van der Waals surface area contributed by atoms with Crippen molar-refractivity contribution in [2.45, 2.75) is 51.2 Å². The van der Waals surface area contributed by atoms with Gasteiger partial charge in [-0.3, -0.25) is 4.79 Å². The second kappa shape index (κ2) is 8.88. The number of hydrogen-bond acceptors (Lipinski definition) is 5. The smallest absolute Gasteiger partial charge is 0.262 e. The summed E-state index contributed by atoms with van der Waals surface area (Å²) in [4.78, 5) is 22.9. The molecule has 6 heteroatoms. The van der Waals surface area contributed by atoms with E-state index >= 15 is 0 Å². The minimum Gasteiger partial charge on any atom is -0.546 e. The van der Waals surface area contributed by atoms with Crippen LogP contribution in [-0.4, -0.2) is 24.0 Å². The number of aliphatic carboxylic acids is 1. The Bertz CT molecular complexity index is 682. The van der Waals surface area contributed by atoms with Gasteiger partial charge >= 0.3 is 0 Å². The molecule has 1 amide bonds. The van der Waals surface area contributed by atoms with Crippen LogP contribution >= 0.6 is 0 Å². The van der Waals surface area contributed by atoms with Crippen LogP contribution in [0.3, 0.4) is 0 Å². The summed E-state index contributed by atoms with van der Waals surface area (Å²) < 4.78 is 5.18. The number of benzene rings is 1. The summed E-state index contributed by atoms with van der Waals surface area (Å²) in [5.74, 6) is -1.28. The maximum atomic E-state index is 12.2. The molecule has 6 nitrogen and oxygen atoms in total. The average molecular weight is 341 g/mol. The average Bonchev–Trinajstić information content (AvgIpc) is 2.61. The van der Waals surface area contributed by atoms with Gasteiger partial charge in [-0.05, 0) is 43.5 Å². The lowest BCUT2D eigenvalue weighted by atomic mass is 9.95. The predicted octanol–water partition coefficient (Wildman–Crippen LogP) is 1.56. The summed E-state index contributed by atoms with van der Waals surface area (Å²) in [5.41, 5.74) is 0.700. The first-order valence-corrected chi connectivity index (χ1v) is 8.40. The highest BCUT2D eigenvalue weighted by atomic mass is 16.5. The van der Waals surface area contributed by atoms with Crippen LogP contribution < -0.4 is 15.2 Å². The van der Waals surface area contributed by atoms with E-state index in [1.807, 2.05) is 6.07 Å². The molecule has 1 fully saturated rings. The fraction of sp³-hybridized carbons (Fsp3) is 0.421. The molecule has 0 unspecified atom stereocenters. The van der Waals surface area contributed by atoms with Crippen LogP contribution in [0.5, 0.6) is 5.75 Å². The van der Waals surface area contributed by atoms with E-state index in [0.29, 0.717) is 11.3 Å². The Kier molecular flexibility index (Phi) is 6.58. The first-order chi connectivity index (χ1) is 12.0. The highest BCUT2D eigenvalue weighted by Crippen LogP contribution is 2.19. The number of hydrogen-bond donors (Lipinski definition) is 1. The van der Waals surface area contributed by atoms with E-state index in [2.05, 4.69) is 5.32 Å². The van der Waals surface area contributed by atoms with E-state index in [9.17, 15) is 20.0 Å². The third-order valence-electron chi connectivity index (χ3n) is 4.14. The summed E-state index contributed by atoms with van der Waals surface area (Å²) >= 11 is 0. The third kappa shape index (κ3) is 5.64. The number of carbonyl (C=O) groups is 2. The molecule has 0 spiro atoms. The summed E-state index contributed by atoms with van der Waals surface area (Å²) in [6, 6.07) is 8.55. The normalized spacial score (nSPS) is 16.6. The van der Waals surface area contributed by atoms with Gasteiger partial charge in [-0.25, -0.2) is 0 Å². The number of nitriles is 1. The molecule has 1 aromatic carbocycles. The quantitative estimate of drug-likeness (QED) is 0.625. The van der Waals surface area contributed by atoms with Crippen molar-refractivity contribution in [3.05, 3.63) is 35.4 Å². The molecule has 0 bridgehead atoms. The zero-order valence-corrected chi connectivity index (χ0v) is 14.2. The second-order valence-electron chi connectivity index (χ2n) is 6.13. The topological polar surface area (TPSA) is 102 Å². The van der Waals surface area contributed by atoms with Crippen molar-refractivity contribution < 1.29 is 19.4 Å². The molecular weight excluding hydrogens is 320 g/mol. The van der Waals surface area contributed by atoms with Crippen LogP contribution in [0.1, 0.15) is 44.6 Å². The van der Waals surface area contributed by atoms with E-state index in [-0.39, 0.29) is 17.5 Å². The molecule has 1 aliphatic carbocycles. The zero-order valence-electron chi connectivity index (χ0n) is 14.2. The van der Waals surface area contributed by atoms with Crippen LogP contribution in [0.25, 0.3) is 6.08 Å². The highest BCUT2D eigenvalue weighted by Gasteiger charge is 2.18. The first kappa shape index (κ1) is 18.5. The molecule has 0 aromatic heterocycles. The number of amides is 1. The number of carboxylic acids is 1. The van der Waals surface area contributed by atoms with E-state index < -0.39 is 12.1 Å². The molecule has 1 saturated carbocycles. The Balaban J connectivity index is 2.01. The summed E-state index contributed by atoms with van der Waals surface area (Å²) in [5, 5.41) is 22.8. The Hall–Kier alpha value is -2.81. The fourth-order valence-corrected chi connectivity index (χ4v) is 2.72. The Morgan fingerprint density at radius 1 is 1.28 bits per heavy atom. The molecular formula is C19H21N2O4-. The number of nitrogens with zero attached hydrogens (tertiary/aromatic N) is 1. The van der Waals surface area contributed by atoms with Crippen LogP contribution in [0.4, 0.5) is 0 Å². The Morgan fingerprint density at radius 2 is 1.92 bits per heavy atom. The van der Waals surface area contributed by atoms with Crippen LogP contribution in [0.15, 0.2) is 29.8 Å². The van der Waals surface area contributed by atoms with Crippen molar-refractivity contribution in [3.8, 4) is 11.8 Å². The lowest BCUT2D eigenvalue weighted by Gasteiger charge is -2.22. The van der Waals surface area contributed by atoms with Gasteiger partial charge in [-0.15, -0.1) is 0 Å². The van der Waals surface area contributed by atoms with E-state index in [1.54, 1.807) is 24.3 Å². The minimum absolute atomic E-state index is 0.0438. The summed E-state index contributed by atoms with van der Waals surface area (Å²) in [6.45, 7) is 1.38. The lowest BCUT2D eigenvalue weighted by molar-refractivity contribution is -0.312. The van der Waals surface area contributed by atoms with Gasteiger partial charge in [0.25, 0.3) is 5.91 Å². The number of carbonyl (C=O) groups excluding carboxylic acids is 2. The van der Waals surface area contributed by atoms with Crippen molar-refractivity contribution in [2.75, 3.05) is 0 Å². The predicted molar refractivity (Wildman–Crippen MR) is 90.1 cm³/mol. The number of rotatable bonds is 6. The molecule has 0 aliphatic heterocycles. The Morgan fingerprint density at radius 3 is 2.48 bits per heavy atom. The standard InChI is InChI=1S/C19H22N2O4/c1-13(19(23)24)25-17-9-7-14(8-10-17)11-15(12-20)18(22)21-16-5-3-2-4-6-16/h7-11,13,16H,2-6H2,1H3,(H,21,22)(H,23,24)/p-1/b15-11-/t13-/m0/s1. The number of nitrogens with one attached hydrogen (secondary N) is 1. The van der Waals surface area contributed by atoms with Gasteiger partial charge in [0, 0.05) is 6.04 Å². The summed E-state index contributed by atoms with van der Waals surface area (Å²) in [7, 11) is 0. The van der Waals surface area contributed by atoms with Crippen LogP contribution in [-0.2, 0) is 9.59 Å².